The number of nitrogens with zero attached hydrogens (tertiary/aromatic N) is 4. The normalized spacial score (nSPS) is 11.8. The van der Waals surface area contributed by atoms with Crippen LogP contribution in [0.1, 0.15) is 13.8 Å². The summed E-state index contributed by atoms with van der Waals surface area (Å²) in [7, 11) is 4.17. The monoisotopic (exact) mass is 312 g/mol. The van der Waals surface area contributed by atoms with E-state index in [1.807, 2.05) is 5.38 Å². The topological polar surface area (TPSA) is 32.3 Å². The minimum absolute atomic E-state index is 0.327. The van der Waals surface area contributed by atoms with E-state index in [2.05, 4.69) is 53.8 Å². The molecule has 0 aliphatic rings. The number of hydrogen-bond donors (Lipinski definition) is 0. The zero-order chi connectivity index (χ0) is 14.7. The third-order valence-corrected chi connectivity index (χ3v) is 3.96. The highest BCUT2D eigenvalue weighted by Gasteiger charge is 2.16. The van der Waals surface area contributed by atoms with Crippen molar-refractivity contribution in [2.45, 2.75) is 13.8 Å². The Bertz CT molecular complexity index is 567. The van der Waals surface area contributed by atoms with Crippen molar-refractivity contribution in [2.75, 3.05) is 38.6 Å². The molecule has 0 unspecified atom stereocenters. The van der Waals surface area contributed by atoms with Crippen molar-refractivity contribution in [3.05, 3.63) is 16.7 Å². The third kappa shape index (κ3) is 3.81. The van der Waals surface area contributed by atoms with Gasteiger partial charge in [-0.1, -0.05) is 13.8 Å². The van der Waals surface area contributed by atoms with Crippen molar-refractivity contribution in [3.8, 4) is 0 Å². The molecule has 0 bridgehead atoms. The molecule has 0 atom stereocenters. The maximum atomic E-state index is 6.07. The Morgan fingerprint density at radius 1 is 1.25 bits per heavy atom. The second kappa shape index (κ2) is 6.70. The summed E-state index contributed by atoms with van der Waals surface area (Å²) in [5.74, 6) is 1.52. The maximum absolute atomic E-state index is 6.07. The summed E-state index contributed by atoms with van der Waals surface area (Å²) < 4.78 is 0. The molecule has 0 spiro atoms. The molecule has 0 fully saturated rings. The number of hydrogen-bond acceptors (Lipinski definition) is 5. The molecule has 2 rings (SSSR count). The molecule has 20 heavy (non-hydrogen) atoms. The first-order valence-electron chi connectivity index (χ1n) is 6.77. The second-order valence-corrected chi connectivity index (χ2v) is 6.83. The lowest BCUT2D eigenvalue weighted by Gasteiger charge is -2.27. The van der Waals surface area contributed by atoms with E-state index in [1.54, 1.807) is 11.3 Å². The van der Waals surface area contributed by atoms with Crippen LogP contribution in [0.15, 0.2) is 11.4 Å². The number of fused-ring (bicyclic) bond motifs is 1. The van der Waals surface area contributed by atoms with E-state index in [0.29, 0.717) is 11.2 Å². The molecular weight excluding hydrogens is 292 g/mol. The minimum Gasteiger partial charge on any atom is -0.354 e. The van der Waals surface area contributed by atoms with Crippen LogP contribution >= 0.6 is 22.9 Å². The van der Waals surface area contributed by atoms with Gasteiger partial charge in [-0.15, -0.1) is 11.3 Å². The number of thiophene rings is 1. The largest absolute Gasteiger partial charge is 0.354 e. The SMILES string of the molecule is CC(C)CN(CCN(C)C)c1nc(Cl)nc2sccc12. The van der Waals surface area contributed by atoms with E-state index >= 15 is 0 Å². The van der Waals surface area contributed by atoms with E-state index in [-0.39, 0.29) is 0 Å². The van der Waals surface area contributed by atoms with Crippen LogP contribution in [-0.2, 0) is 0 Å². The van der Waals surface area contributed by atoms with Gasteiger partial charge >= 0.3 is 0 Å². The van der Waals surface area contributed by atoms with Crippen molar-refractivity contribution in [2.24, 2.45) is 5.92 Å². The van der Waals surface area contributed by atoms with Gasteiger partial charge in [0.2, 0.25) is 5.28 Å². The van der Waals surface area contributed by atoms with Crippen LogP contribution in [0.2, 0.25) is 5.28 Å². The molecule has 0 aliphatic heterocycles. The summed E-state index contributed by atoms with van der Waals surface area (Å²) in [4.78, 5) is 14.2. The Kier molecular flexibility index (Phi) is 5.18. The molecule has 0 saturated carbocycles. The zero-order valence-electron chi connectivity index (χ0n) is 12.4. The van der Waals surface area contributed by atoms with Crippen molar-refractivity contribution < 1.29 is 0 Å². The Morgan fingerprint density at radius 3 is 2.65 bits per heavy atom. The van der Waals surface area contributed by atoms with Crippen molar-refractivity contribution in [1.29, 1.82) is 0 Å². The minimum atomic E-state index is 0.327. The number of likely N-dealkylation sites (N-methyl/N-ethyl adjacent to an activating group) is 1. The molecule has 0 aliphatic carbocycles. The van der Waals surface area contributed by atoms with E-state index in [9.17, 15) is 0 Å². The molecule has 4 nitrogen and oxygen atoms in total. The van der Waals surface area contributed by atoms with Gasteiger partial charge in [0.25, 0.3) is 0 Å². The van der Waals surface area contributed by atoms with Crippen LogP contribution in [0.25, 0.3) is 10.2 Å². The van der Waals surface area contributed by atoms with Crippen LogP contribution in [0.5, 0.6) is 0 Å². The van der Waals surface area contributed by atoms with Gasteiger partial charge < -0.3 is 9.80 Å². The Hall–Kier alpha value is -0.910. The number of aromatic nitrogens is 2. The average Bonchev–Trinajstić information content (AvgIpc) is 2.80. The molecule has 0 amide bonds. The van der Waals surface area contributed by atoms with Crippen molar-refractivity contribution in [3.63, 3.8) is 0 Å². The van der Waals surface area contributed by atoms with E-state index in [4.69, 9.17) is 11.6 Å². The Morgan fingerprint density at radius 2 is 2.00 bits per heavy atom. The van der Waals surface area contributed by atoms with Gasteiger partial charge in [-0.25, -0.2) is 4.98 Å². The van der Waals surface area contributed by atoms with Gasteiger partial charge in [0.1, 0.15) is 10.6 Å². The predicted molar refractivity (Wildman–Crippen MR) is 88.0 cm³/mol. The quantitative estimate of drug-likeness (QED) is 0.766. The molecule has 0 N–H and O–H groups in total. The number of halogens is 1. The molecule has 0 radical (unpaired) electrons. The molecule has 0 saturated heterocycles. The van der Waals surface area contributed by atoms with Crippen LogP contribution < -0.4 is 4.90 Å². The summed E-state index contributed by atoms with van der Waals surface area (Å²) in [5, 5.41) is 3.46. The summed E-state index contributed by atoms with van der Waals surface area (Å²) in [6.07, 6.45) is 0. The first-order valence-corrected chi connectivity index (χ1v) is 8.03. The van der Waals surface area contributed by atoms with Crippen LogP contribution in [0.3, 0.4) is 0 Å². The van der Waals surface area contributed by atoms with Crippen molar-refractivity contribution in [1.82, 2.24) is 14.9 Å². The van der Waals surface area contributed by atoms with Crippen LogP contribution in [0, 0.1) is 5.92 Å². The fourth-order valence-corrected chi connectivity index (χ4v) is 3.07. The smallest absolute Gasteiger partial charge is 0.225 e. The van der Waals surface area contributed by atoms with E-state index in [1.165, 1.54) is 0 Å². The molecule has 110 valence electrons. The fraction of sp³-hybridized carbons (Fsp3) is 0.571. The summed E-state index contributed by atoms with van der Waals surface area (Å²) in [5.41, 5.74) is 0. The van der Waals surface area contributed by atoms with Gasteiger partial charge in [0, 0.05) is 19.6 Å². The molecule has 2 aromatic rings. The van der Waals surface area contributed by atoms with E-state index in [0.717, 1.165) is 35.7 Å². The Balaban J connectivity index is 2.36. The lowest BCUT2D eigenvalue weighted by molar-refractivity contribution is 0.408. The second-order valence-electron chi connectivity index (χ2n) is 5.60. The highest BCUT2D eigenvalue weighted by Crippen LogP contribution is 2.29. The van der Waals surface area contributed by atoms with Crippen LogP contribution in [-0.4, -0.2) is 48.6 Å². The molecule has 0 aromatic carbocycles. The summed E-state index contributed by atoms with van der Waals surface area (Å²) in [6.45, 7) is 7.32. The third-order valence-electron chi connectivity index (χ3n) is 2.98. The van der Waals surface area contributed by atoms with Gasteiger partial charge in [0.05, 0.1) is 5.39 Å². The number of anilines is 1. The zero-order valence-corrected chi connectivity index (χ0v) is 14.0. The standard InChI is InChI=1S/C14H21ClN4S/c1-10(2)9-19(7-6-18(3)4)12-11-5-8-20-13(11)17-14(15)16-12/h5,8,10H,6-7,9H2,1-4H3. The molecule has 6 heteroatoms. The highest BCUT2D eigenvalue weighted by molar-refractivity contribution is 7.16. The lowest BCUT2D eigenvalue weighted by atomic mass is 10.2. The predicted octanol–water partition coefficient (Wildman–Crippen LogP) is 3.37. The van der Waals surface area contributed by atoms with Crippen molar-refractivity contribution >= 4 is 39.0 Å². The van der Waals surface area contributed by atoms with Gasteiger partial charge in [-0.2, -0.15) is 4.98 Å². The van der Waals surface area contributed by atoms with Gasteiger partial charge in [-0.3, -0.25) is 0 Å². The highest BCUT2D eigenvalue weighted by atomic mass is 35.5. The van der Waals surface area contributed by atoms with Gasteiger partial charge in [-0.05, 0) is 43.1 Å². The van der Waals surface area contributed by atoms with Crippen LogP contribution in [0.4, 0.5) is 5.82 Å². The van der Waals surface area contributed by atoms with E-state index < -0.39 is 0 Å². The fourth-order valence-electron chi connectivity index (χ4n) is 2.10. The number of rotatable bonds is 6. The first kappa shape index (κ1) is 15.5. The Labute approximate surface area is 129 Å². The first-order chi connectivity index (χ1) is 9.47. The van der Waals surface area contributed by atoms with Gasteiger partial charge in [0.15, 0.2) is 0 Å². The lowest BCUT2D eigenvalue weighted by Crippen LogP contribution is -2.35. The average molecular weight is 313 g/mol. The maximum Gasteiger partial charge on any atom is 0.225 e. The summed E-state index contributed by atoms with van der Waals surface area (Å²) >= 11 is 7.68. The molecule has 2 aromatic heterocycles. The molecule has 2 heterocycles. The summed E-state index contributed by atoms with van der Waals surface area (Å²) in [6, 6.07) is 2.08. The molecular formula is C14H21ClN4S.